The number of carbonyl (C=O) groups is 1. The maximum Gasteiger partial charge on any atom is 0.192 e. The highest BCUT2D eigenvalue weighted by Crippen LogP contribution is 2.50. The topological polar surface area (TPSA) is 35.5 Å². The second-order valence-electron chi connectivity index (χ2n) is 8.09. The molecule has 3 nitrogen and oxygen atoms in total. The van der Waals surface area contributed by atoms with Crippen molar-refractivity contribution in [3.05, 3.63) is 12.2 Å². The van der Waals surface area contributed by atoms with Gasteiger partial charge in [0.1, 0.15) is 0 Å². The molecule has 0 N–H and O–H groups in total. The zero-order valence-corrected chi connectivity index (χ0v) is 18.2. The monoisotopic (exact) mass is 416 g/mol. The highest BCUT2D eigenvalue weighted by atomic mass is 32.2. The van der Waals surface area contributed by atoms with E-state index in [2.05, 4.69) is 0 Å². The highest BCUT2D eigenvalue weighted by Gasteiger charge is 2.51. The van der Waals surface area contributed by atoms with Crippen molar-refractivity contribution >= 4 is 29.3 Å². The average Bonchev–Trinajstić information content (AvgIpc) is 3.39. The molecule has 0 aromatic carbocycles. The van der Waals surface area contributed by atoms with Crippen molar-refractivity contribution in [3.8, 4) is 0 Å². The first-order valence-corrected chi connectivity index (χ1v) is 12.5. The van der Waals surface area contributed by atoms with E-state index in [0.29, 0.717) is 24.2 Å². The molecule has 1 spiro atoms. The van der Waals surface area contributed by atoms with Crippen molar-refractivity contribution in [2.45, 2.75) is 74.8 Å². The van der Waals surface area contributed by atoms with E-state index in [1.807, 2.05) is 36.5 Å². The van der Waals surface area contributed by atoms with Gasteiger partial charge in [0.15, 0.2) is 17.2 Å². The van der Waals surface area contributed by atoms with Crippen molar-refractivity contribution < 1.29 is 18.7 Å². The first kappa shape index (κ1) is 21.7. The molecule has 0 amide bonds. The number of unbranched alkanes of at least 4 members (excludes halogenated alkanes) is 1. The minimum Gasteiger partial charge on any atom is -0.347 e. The molecule has 0 bridgehead atoms. The normalized spacial score (nSPS) is 30.5. The van der Waals surface area contributed by atoms with Crippen LogP contribution in [0.2, 0.25) is 0 Å². The van der Waals surface area contributed by atoms with E-state index in [9.17, 15) is 9.18 Å². The molecule has 3 atom stereocenters. The SMILES string of the molecule is CCCCC(C)(F)C(=O)C=CC1CCC2(OCCO2)C1CCC1SCCS1. The van der Waals surface area contributed by atoms with Crippen LogP contribution in [0.15, 0.2) is 12.2 Å². The fraction of sp³-hybridized carbons (Fsp3) is 0.857. The molecule has 0 aromatic rings. The van der Waals surface area contributed by atoms with Gasteiger partial charge in [-0.05, 0) is 44.6 Å². The number of thioether (sulfide) groups is 2. The van der Waals surface area contributed by atoms with Crippen molar-refractivity contribution in [2.75, 3.05) is 24.7 Å². The number of hydrogen-bond acceptors (Lipinski definition) is 5. The van der Waals surface area contributed by atoms with Crippen molar-refractivity contribution in [3.63, 3.8) is 0 Å². The van der Waals surface area contributed by atoms with Crippen LogP contribution in [0, 0.1) is 11.8 Å². The molecule has 6 heteroatoms. The van der Waals surface area contributed by atoms with Gasteiger partial charge in [0.05, 0.1) is 17.8 Å². The number of hydrogen-bond donors (Lipinski definition) is 0. The van der Waals surface area contributed by atoms with Crippen molar-refractivity contribution in [1.29, 1.82) is 0 Å². The summed E-state index contributed by atoms with van der Waals surface area (Å²) in [5, 5.41) is 0. The molecule has 0 aromatic heterocycles. The molecule has 2 saturated heterocycles. The Bertz CT molecular complexity index is 526. The third-order valence-electron chi connectivity index (χ3n) is 6.10. The molecule has 3 aliphatic rings. The number of halogens is 1. The van der Waals surface area contributed by atoms with Gasteiger partial charge < -0.3 is 9.47 Å². The first-order chi connectivity index (χ1) is 13.0. The predicted octanol–water partition coefficient (Wildman–Crippen LogP) is 5.39. The van der Waals surface area contributed by atoms with Gasteiger partial charge >= 0.3 is 0 Å². The van der Waals surface area contributed by atoms with E-state index in [1.54, 1.807) is 0 Å². The number of carbonyl (C=O) groups excluding carboxylic acids is 1. The van der Waals surface area contributed by atoms with E-state index in [0.717, 1.165) is 38.5 Å². The van der Waals surface area contributed by atoms with Crippen LogP contribution >= 0.6 is 23.5 Å². The van der Waals surface area contributed by atoms with Crippen molar-refractivity contribution in [1.82, 2.24) is 0 Å². The summed E-state index contributed by atoms with van der Waals surface area (Å²) in [5.74, 6) is 2.09. The van der Waals surface area contributed by atoms with Gasteiger partial charge in [-0.25, -0.2) is 4.39 Å². The predicted molar refractivity (Wildman–Crippen MR) is 112 cm³/mol. The second-order valence-corrected chi connectivity index (χ2v) is 11.0. The fourth-order valence-electron chi connectivity index (χ4n) is 4.48. The largest absolute Gasteiger partial charge is 0.347 e. The van der Waals surface area contributed by atoms with Crippen LogP contribution in [0.1, 0.15) is 58.8 Å². The minimum absolute atomic E-state index is 0.227. The summed E-state index contributed by atoms with van der Waals surface area (Å²) >= 11 is 4.09. The lowest BCUT2D eigenvalue weighted by atomic mass is 9.87. The quantitative estimate of drug-likeness (QED) is 0.471. The molecule has 3 fully saturated rings. The van der Waals surface area contributed by atoms with Gasteiger partial charge in [-0.15, -0.1) is 23.5 Å². The molecular formula is C21H33FO3S2. The van der Waals surface area contributed by atoms with Crippen LogP contribution < -0.4 is 0 Å². The fourth-order valence-corrected chi connectivity index (χ4v) is 7.34. The Hall–Kier alpha value is -0.0400. The van der Waals surface area contributed by atoms with Crippen LogP contribution in [-0.4, -0.2) is 46.5 Å². The number of rotatable bonds is 9. The summed E-state index contributed by atoms with van der Waals surface area (Å²) in [6, 6.07) is 0. The van der Waals surface area contributed by atoms with E-state index in [4.69, 9.17) is 9.47 Å². The number of allylic oxidation sites excluding steroid dienone is 2. The summed E-state index contributed by atoms with van der Waals surface area (Å²) in [7, 11) is 0. The Morgan fingerprint density at radius 2 is 1.96 bits per heavy atom. The smallest absolute Gasteiger partial charge is 0.192 e. The van der Waals surface area contributed by atoms with Crippen LogP contribution in [-0.2, 0) is 14.3 Å². The molecule has 27 heavy (non-hydrogen) atoms. The van der Waals surface area contributed by atoms with Gasteiger partial charge in [-0.2, -0.15) is 0 Å². The van der Waals surface area contributed by atoms with E-state index in [-0.39, 0.29) is 11.8 Å². The van der Waals surface area contributed by atoms with Gasteiger partial charge in [-0.3, -0.25) is 4.79 Å². The van der Waals surface area contributed by atoms with Crippen LogP contribution in [0.25, 0.3) is 0 Å². The average molecular weight is 417 g/mol. The van der Waals surface area contributed by atoms with Crippen LogP contribution in [0.5, 0.6) is 0 Å². The molecule has 1 saturated carbocycles. The van der Waals surface area contributed by atoms with Gasteiger partial charge in [0.25, 0.3) is 0 Å². The lowest BCUT2D eigenvalue weighted by Gasteiger charge is -2.32. The van der Waals surface area contributed by atoms with Crippen LogP contribution in [0.4, 0.5) is 4.39 Å². The third-order valence-corrected chi connectivity index (χ3v) is 9.27. The number of ketones is 1. The maximum absolute atomic E-state index is 14.6. The molecule has 2 aliphatic heterocycles. The molecule has 154 valence electrons. The number of ether oxygens (including phenoxy) is 2. The molecule has 1 aliphatic carbocycles. The summed E-state index contributed by atoms with van der Waals surface area (Å²) in [4.78, 5) is 12.4. The minimum atomic E-state index is -1.75. The maximum atomic E-state index is 14.6. The lowest BCUT2D eigenvalue weighted by molar-refractivity contribution is -0.185. The zero-order chi connectivity index (χ0) is 19.3. The highest BCUT2D eigenvalue weighted by molar-refractivity contribution is 8.20. The second kappa shape index (κ2) is 9.64. The zero-order valence-electron chi connectivity index (χ0n) is 16.6. The molecule has 2 heterocycles. The van der Waals surface area contributed by atoms with Gasteiger partial charge in [0, 0.05) is 23.8 Å². The lowest BCUT2D eigenvalue weighted by Crippen LogP contribution is -2.36. The summed E-state index contributed by atoms with van der Waals surface area (Å²) in [6.45, 7) is 4.74. The Morgan fingerprint density at radius 1 is 1.26 bits per heavy atom. The molecule has 3 unspecified atom stereocenters. The van der Waals surface area contributed by atoms with Crippen LogP contribution in [0.3, 0.4) is 0 Å². The number of alkyl halides is 1. The Labute approximate surface area is 171 Å². The van der Waals surface area contributed by atoms with Crippen molar-refractivity contribution in [2.24, 2.45) is 11.8 Å². The van der Waals surface area contributed by atoms with Gasteiger partial charge in [-0.1, -0.05) is 25.8 Å². The molecule has 0 radical (unpaired) electrons. The summed E-state index contributed by atoms with van der Waals surface area (Å²) in [5.41, 5.74) is -1.75. The van der Waals surface area contributed by atoms with E-state index >= 15 is 0 Å². The standard InChI is InChI=1S/C21H33FO3S2/c1-3-4-10-20(2,22)18(23)7-5-16-9-11-21(24-12-13-25-21)17(16)6-8-19-26-14-15-27-19/h5,7,16-17,19H,3-4,6,8-15H2,1-2H3. The Kier molecular flexibility index (Phi) is 7.73. The summed E-state index contributed by atoms with van der Waals surface area (Å²) < 4.78 is 27.4. The molecular weight excluding hydrogens is 383 g/mol. The van der Waals surface area contributed by atoms with E-state index in [1.165, 1.54) is 24.5 Å². The molecule has 3 rings (SSSR count). The van der Waals surface area contributed by atoms with Gasteiger partial charge in [0.2, 0.25) is 0 Å². The van der Waals surface area contributed by atoms with E-state index < -0.39 is 17.2 Å². The first-order valence-electron chi connectivity index (χ1n) is 10.4. The summed E-state index contributed by atoms with van der Waals surface area (Å²) in [6.07, 6.45) is 9.38. The Balaban J connectivity index is 1.64. The third kappa shape index (κ3) is 5.31. The Morgan fingerprint density at radius 3 is 2.63 bits per heavy atom.